The summed E-state index contributed by atoms with van der Waals surface area (Å²) in [6.07, 6.45) is 1.10. The zero-order valence-corrected chi connectivity index (χ0v) is 11.9. The minimum Gasteiger partial charge on any atom is -0.378 e. The van der Waals surface area contributed by atoms with Gasteiger partial charge in [0.1, 0.15) is 0 Å². The standard InChI is InChI=1S/C15H25N3/c1-11(2)18-10-9-14(16)15(18)12-5-7-13(8-6-12)17(3)4/h5-8,11,14-15H,9-10,16H2,1-4H3. The smallest absolute Gasteiger partial charge is 0.0502 e. The molecule has 1 fully saturated rings. The van der Waals surface area contributed by atoms with Gasteiger partial charge in [-0.15, -0.1) is 0 Å². The van der Waals surface area contributed by atoms with Crippen molar-refractivity contribution in [1.82, 2.24) is 4.90 Å². The van der Waals surface area contributed by atoms with Gasteiger partial charge in [0, 0.05) is 38.4 Å². The molecule has 1 aromatic rings. The van der Waals surface area contributed by atoms with Gasteiger partial charge in [0.2, 0.25) is 0 Å². The predicted molar refractivity (Wildman–Crippen MR) is 77.9 cm³/mol. The van der Waals surface area contributed by atoms with Crippen LogP contribution >= 0.6 is 0 Å². The van der Waals surface area contributed by atoms with Crippen molar-refractivity contribution in [2.75, 3.05) is 25.5 Å². The third-order valence-electron chi connectivity index (χ3n) is 3.90. The molecule has 3 nitrogen and oxygen atoms in total. The Labute approximate surface area is 111 Å². The number of rotatable bonds is 3. The van der Waals surface area contributed by atoms with Crippen LogP contribution in [0.25, 0.3) is 0 Å². The maximum atomic E-state index is 6.28. The van der Waals surface area contributed by atoms with Gasteiger partial charge in [-0.2, -0.15) is 0 Å². The molecule has 3 heteroatoms. The van der Waals surface area contributed by atoms with Crippen LogP contribution in [0, 0.1) is 0 Å². The van der Waals surface area contributed by atoms with Gasteiger partial charge in [0.05, 0.1) is 6.04 Å². The minimum atomic E-state index is 0.262. The van der Waals surface area contributed by atoms with Crippen LogP contribution in [0.15, 0.2) is 24.3 Å². The number of hydrogen-bond acceptors (Lipinski definition) is 3. The molecular formula is C15H25N3. The number of hydrogen-bond donors (Lipinski definition) is 1. The van der Waals surface area contributed by atoms with Crippen molar-refractivity contribution < 1.29 is 0 Å². The number of anilines is 1. The van der Waals surface area contributed by atoms with Gasteiger partial charge in [0.15, 0.2) is 0 Å². The molecule has 1 aromatic carbocycles. The fourth-order valence-corrected chi connectivity index (χ4v) is 2.83. The first kappa shape index (κ1) is 13.4. The van der Waals surface area contributed by atoms with E-state index < -0.39 is 0 Å². The van der Waals surface area contributed by atoms with Gasteiger partial charge in [0.25, 0.3) is 0 Å². The van der Waals surface area contributed by atoms with Crippen LogP contribution in [0.2, 0.25) is 0 Å². The highest BCUT2D eigenvalue weighted by molar-refractivity contribution is 5.46. The fraction of sp³-hybridized carbons (Fsp3) is 0.600. The lowest BCUT2D eigenvalue weighted by Gasteiger charge is -2.30. The zero-order chi connectivity index (χ0) is 13.3. The second-order valence-corrected chi connectivity index (χ2v) is 5.71. The van der Waals surface area contributed by atoms with Crippen LogP contribution in [-0.2, 0) is 0 Å². The van der Waals surface area contributed by atoms with Crippen LogP contribution in [0.5, 0.6) is 0 Å². The number of benzene rings is 1. The SMILES string of the molecule is CC(C)N1CCC(N)C1c1ccc(N(C)C)cc1. The van der Waals surface area contributed by atoms with Crippen molar-refractivity contribution in [3.63, 3.8) is 0 Å². The second-order valence-electron chi connectivity index (χ2n) is 5.71. The average Bonchev–Trinajstić information content (AvgIpc) is 2.71. The second kappa shape index (κ2) is 5.29. The Morgan fingerprint density at radius 2 is 1.83 bits per heavy atom. The van der Waals surface area contributed by atoms with Gasteiger partial charge in [-0.3, -0.25) is 4.90 Å². The van der Waals surface area contributed by atoms with E-state index in [0.717, 1.165) is 13.0 Å². The fourth-order valence-electron chi connectivity index (χ4n) is 2.83. The van der Waals surface area contributed by atoms with Crippen molar-refractivity contribution >= 4 is 5.69 Å². The molecule has 1 heterocycles. The van der Waals surface area contributed by atoms with Gasteiger partial charge in [-0.05, 0) is 38.0 Å². The van der Waals surface area contributed by atoms with Crippen molar-refractivity contribution in [2.24, 2.45) is 5.73 Å². The zero-order valence-electron chi connectivity index (χ0n) is 11.9. The molecule has 0 saturated carbocycles. The van der Waals surface area contributed by atoms with Crippen molar-refractivity contribution in [2.45, 2.75) is 38.4 Å². The Kier molecular flexibility index (Phi) is 3.93. The monoisotopic (exact) mass is 247 g/mol. The highest BCUT2D eigenvalue weighted by Crippen LogP contribution is 2.33. The quantitative estimate of drug-likeness (QED) is 0.889. The largest absolute Gasteiger partial charge is 0.378 e. The first-order valence-corrected chi connectivity index (χ1v) is 6.79. The third-order valence-corrected chi connectivity index (χ3v) is 3.90. The van der Waals surface area contributed by atoms with Crippen molar-refractivity contribution in [3.05, 3.63) is 29.8 Å². The third kappa shape index (κ3) is 2.52. The Bertz CT molecular complexity index is 383. The maximum Gasteiger partial charge on any atom is 0.0502 e. The van der Waals surface area contributed by atoms with E-state index in [9.17, 15) is 0 Å². The maximum absolute atomic E-state index is 6.28. The summed E-state index contributed by atoms with van der Waals surface area (Å²) in [4.78, 5) is 4.63. The van der Waals surface area contributed by atoms with E-state index in [1.54, 1.807) is 0 Å². The molecule has 18 heavy (non-hydrogen) atoms. The summed E-state index contributed by atoms with van der Waals surface area (Å²) in [5.74, 6) is 0. The van der Waals surface area contributed by atoms with E-state index in [-0.39, 0.29) is 6.04 Å². The van der Waals surface area contributed by atoms with Crippen LogP contribution in [0.3, 0.4) is 0 Å². The van der Waals surface area contributed by atoms with Crippen LogP contribution in [-0.4, -0.2) is 37.6 Å². The van der Waals surface area contributed by atoms with Gasteiger partial charge in [-0.25, -0.2) is 0 Å². The number of nitrogens with zero attached hydrogens (tertiary/aromatic N) is 2. The Hall–Kier alpha value is -1.06. The topological polar surface area (TPSA) is 32.5 Å². The minimum absolute atomic E-state index is 0.262. The van der Waals surface area contributed by atoms with Crippen molar-refractivity contribution in [1.29, 1.82) is 0 Å². The molecular weight excluding hydrogens is 222 g/mol. The van der Waals surface area contributed by atoms with Crippen LogP contribution < -0.4 is 10.6 Å². The molecule has 2 unspecified atom stereocenters. The van der Waals surface area contributed by atoms with Gasteiger partial charge < -0.3 is 10.6 Å². The number of likely N-dealkylation sites (tertiary alicyclic amines) is 1. The lowest BCUT2D eigenvalue weighted by atomic mass is 9.99. The molecule has 0 bridgehead atoms. The van der Waals surface area contributed by atoms with Gasteiger partial charge >= 0.3 is 0 Å². The van der Waals surface area contributed by atoms with E-state index in [4.69, 9.17) is 5.73 Å². The summed E-state index contributed by atoms with van der Waals surface area (Å²) in [6.45, 7) is 5.61. The summed E-state index contributed by atoms with van der Waals surface area (Å²) >= 11 is 0. The van der Waals surface area contributed by atoms with E-state index in [1.807, 2.05) is 0 Å². The van der Waals surface area contributed by atoms with Crippen LogP contribution in [0.4, 0.5) is 5.69 Å². The first-order chi connectivity index (χ1) is 8.50. The molecule has 0 spiro atoms. The first-order valence-electron chi connectivity index (χ1n) is 6.79. The Balaban J connectivity index is 2.23. The van der Waals surface area contributed by atoms with E-state index in [1.165, 1.54) is 11.3 Å². The molecule has 0 aromatic heterocycles. The lowest BCUT2D eigenvalue weighted by molar-refractivity contribution is 0.198. The highest BCUT2D eigenvalue weighted by atomic mass is 15.2. The van der Waals surface area contributed by atoms with Crippen molar-refractivity contribution in [3.8, 4) is 0 Å². The predicted octanol–water partition coefficient (Wildman–Crippen LogP) is 2.24. The summed E-state index contributed by atoms with van der Waals surface area (Å²) in [7, 11) is 4.13. The summed E-state index contributed by atoms with van der Waals surface area (Å²) in [5, 5.41) is 0. The summed E-state index contributed by atoms with van der Waals surface area (Å²) < 4.78 is 0. The number of nitrogens with two attached hydrogens (primary N) is 1. The van der Waals surface area contributed by atoms with E-state index >= 15 is 0 Å². The molecule has 0 aliphatic carbocycles. The molecule has 2 N–H and O–H groups in total. The van der Waals surface area contributed by atoms with Crippen LogP contribution in [0.1, 0.15) is 31.9 Å². The average molecular weight is 247 g/mol. The van der Waals surface area contributed by atoms with Gasteiger partial charge in [-0.1, -0.05) is 12.1 Å². The molecule has 100 valence electrons. The van der Waals surface area contributed by atoms with E-state index in [0.29, 0.717) is 12.1 Å². The summed E-state index contributed by atoms with van der Waals surface area (Å²) in [5.41, 5.74) is 8.87. The Morgan fingerprint density at radius 1 is 1.22 bits per heavy atom. The molecule has 2 atom stereocenters. The molecule has 0 radical (unpaired) electrons. The molecule has 1 saturated heterocycles. The lowest BCUT2D eigenvalue weighted by Crippen LogP contribution is -2.35. The molecule has 2 rings (SSSR count). The van der Waals surface area contributed by atoms with E-state index in [2.05, 4.69) is 62.0 Å². The Morgan fingerprint density at radius 3 is 2.33 bits per heavy atom. The molecule has 0 amide bonds. The highest BCUT2D eigenvalue weighted by Gasteiger charge is 2.34. The normalized spacial score (nSPS) is 24.8. The summed E-state index contributed by atoms with van der Waals surface area (Å²) in [6, 6.07) is 10.00. The molecule has 1 aliphatic heterocycles. The molecule has 1 aliphatic rings.